The van der Waals surface area contributed by atoms with E-state index in [1.165, 1.54) is 16.7 Å². The van der Waals surface area contributed by atoms with E-state index in [-0.39, 0.29) is 5.91 Å². The summed E-state index contributed by atoms with van der Waals surface area (Å²) in [5.74, 6) is 2.51. The number of rotatable bonds is 5. The zero-order chi connectivity index (χ0) is 20.3. The first-order valence-corrected chi connectivity index (χ1v) is 10.3. The normalized spacial score (nSPS) is 14.6. The second kappa shape index (κ2) is 8.72. The molecule has 0 N–H and O–H groups in total. The fraction of sp³-hybridized carbons (Fsp3) is 0.522. The summed E-state index contributed by atoms with van der Waals surface area (Å²) in [6.07, 6.45) is 1.46. The van der Waals surface area contributed by atoms with Gasteiger partial charge in [-0.05, 0) is 37.8 Å². The van der Waals surface area contributed by atoms with Crippen LogP contribution >= 0.6 is 0 Å². The average molecular weight is 381 g/mol. The Morgan fingerprint density at radius 3 is 2.36 bits per heavy atom. The van der Waals surface area contributed by atoms with Crippen molar-refractivity contribution in [1.29, 1.82) is 0 Å². The molecule has 0 aliphatic carbocycles. The molecule has 0 bridgehead atoms. The summed E-state index contributed by atoms with van der Waals surface area (Å²) in [6.45, 7) is 13.5. The van der Waals surface area contributed by atoms with E-state index >= 15 is 0 Å². The van der Waals surface area contributed by atoms with Crippen LogP contribution in [0.5, 0.6) is 0 Å². The van der Waals surface area contributed by atoms with E-state index in [0.717, 1.165) is 49.9 Å². The number of aryl methyl sites for hydroxylation is 3. The van der Waals surface area contributed by atoms with Crippen molar-refractivity contribution in [3.8, 4) is 0 Å². The summed E-state index contributed by atoms with van der Waals surface area (Å²) in [7, 11) is 0. The molecule has 1 aliphatic rings. The lowest BCUT2D eigenvalue weighted by molar-refractivity contribution is -0.132. The number of aromatic nitrogens is 2. The van der Waals surface area contributed by atoms with Gasteiger partial charge in [0.05, 0.1) is 0 Å². The minimum Gasteiger partial charge on any atom is -0.353 e. The summed E-state index contributed by atoms with van der Waals surface area (Å²) in [4.78, 5) is 26.2. The van der Waals surface area contributed by atoms with Crippen LogP contribution in [-0.2, 0) is 11.2 Å². The van der Waals surface area contributed by atoms with Gasteiger partial charge in [-0.1, -0.05) is 38.1 Å². The lowest BCUT2D eigenvalue weighted by Gasteiger charge is -2.37. The van der Waals surface area contributed by atoms with Crippen molar-refractivity contribution in [2.75, 3.05) is 31.1 Å². The number of benzene rings is 1. The zero-order valence-electron chi connectivity index (χ0n) is 17.8. The first kappa shape index (κ1) is 20.3. The lowest BCUT2D eigenvalue weighted by atomic mass is 9.99. The van der Waals surface area contributed by atoms with Gasteiger partial charge in [0.25, 0.3) is 0 Å². The van der Waals surface area contributed by atoms with E-state index in [2.05, 4.69) is 61.8 Å². The van der Waals surface area contributed by atoms with E-state index in [1.807, 2.05) is 11.8 Å². The maximum absolute atomic E-state index is 12.4. The van der Waals surface area contributed by atoms with Gasteiger partial charge in [-0.2, -0.15) is 0 Å². The van der Waals surface area contributed by atoms with Crippen LogP contribution in [0.25, 0.3) is 0 Å². The second-order valence-electron chi connectivity index (χ2n) is 8.23. The Kier molecular flexibility index (Phi) is 6.32. The molecule has 1 aliphatic heterocycles. The van der Waals surface area contributed by atoms with E-state index in [4.69, 9.17) is 4.98 Å². The van der Waals surface area contributed by atoms with E-state index < -0.39 is 0 Å². The molecule has 2 aromatic rings. The Morgan fingerprint density at radius 1 is 1.04 bits per heavy atom. The molecule has 0 unspecified atom stereocenters. The van der Waals surface area contributed by atoms with Gasteiger partial charge in [0.1, 0.15) is 11.6 Å². The highest BCUT2D eigenvalue weighted by Gasteiger charge is 2.25. The van der Waals surface area contributed by atoms with Crippen molar-refractivity contribution in [1.82, 2.24) is 14.9 Å². The number of amides is 1. The predicted octanol–water partition coefficient (Wildman–Crippen LogP) is 3.69. The van der Waals surface area contributed by atoms with Crippen LogP contribution in [0.4, 0.5) is 5.82 Å². The molecular formula is C23H32N4O. The van der Waals surface area contributed by atoms with Crippen LogP contribution in [0, 0.1) is 26.7 Å². The third-order valence-electron chi connectivity index (χ3n) is 5.45. The summed E-state index contributed by atoms with van der Waals surface area (Å²) in [5, 5.41) is 0. The van der Waals surface area contributed by atoms with Crippen molar-refractivity contribution < 1.29 is 4.79 Å². The molecule has 5 heteroatoms. The van der Waals surface area contributed by atoms with Gasteiger partial charge < -0.3 is 9.80 Å². The molecule has 3 rings (SSSR count). The highest BCUT2D eigenvalue weighted by atomic mass is 16.2. The third kappa shape index (κ3) is 4.70. The van der Waals surface area contributed by atoms with Crippen molar-refractivity contribution in [3.05, 3.63) is 52.5 Å². The Hall–Kier alpha value is -2.43. The molecule has 150 valence electrons. The molecule has 5 nitrogen and oxygen atoms in total. The van der Waals surface area contributed by atoms with Crippen LogP contribution in [0.1, 0.15) is 48.5 Å². The van der Waals surface area contributed by atoms with Crippen molar-refractivity contribution in [2.24, 2.45) is 5.92 Å². The van der Waals surface area contributed by atoms with Gasteiger partial charge in [-0.3, -0.25) is 4.79 Å². The first-order valence-electron chi connectivity index (χ1n) is 10.3. The number of carbonyl (C=O) groups excluding carboxylic acids is 1. The molecule has 0 radical (unpaired) electrons. The average Bonchev–Trinajstić information content (AvgIpc) is 2.65. The van der Waals surface area contributed by atoms with Gasteiger partial charge >= 0.3 is 0 Å². The SMILES string of the molecule is Cc1nc(C)c(Cc2ccccc2C)c(N2CCN(C(=O)CC(C)C)CC2)n1. The molecule has 1 saturated heterocycles. The molecule has 1 fully saturated rings. The molecule has 0 saturated carbocycles. The number of nitrogens with zero attached hydrogens (tertiary/aromatic N) is 4. The van der Waals surface area contributed by atoms with E-state index in [1.54, 1.807) is 0 Å². The molecule has 1 aromatic carbocycles. The van der Waals surface area contributed by atoms with E-state index in [9.17, 15) is 4.79 Å². The van der Waals surface area contributed by atoms with Crippen molar-refractivity contribution in [2.45, 2.75) is 47.5 Å². The monoisotopic (exact) mass is 380 g/mol. The summed E-state index contributed by atoms with van der Waals surface area (Å²) < 4.78 is 0. The van der Waals surface area contributed by atoms with Gasteiger partial charge in [-0.25, -0.2) is 9.97 Å². The summed E-state index contributed by atoms with van der Waals surface area (Å²) >= 11 is 0. The van der Waals surface area contributed by atoms with Crippen LogP contribution in [0.2, 0.25) is 0 Å². The Labute approximate surface area is 168 Å². The minimum atomic E-state index is 0.268. The first-order chi connectivity index (χ1) is 13.3. The Morgan fingerprint density at radius 2 is 1.71 bits per heavy atom. The highest BCUT2D eigenvalue weighted by molar-refractivity contribution is 5.76. The predicted molar refractivity (Wildman–Crippen MR) is 114 cm³/mol. The lowest BCUT2D eigenvalue weighted by Crippen LogP contribution is -2.49. The number of hydrogen-bond acceptors (Lipinski definition) is 4. The van der Waals surface area contributed by atoms with Crippen LogP contribution in [0.3, 0.4) is 0 Å². The third-order valence-corrected chi connectivity index (χ3v) is 5.45. The number of piperazine rings is 1. The maximum Gasteiger partial charge on any atom is 0.222 e. The highest BCUT2D eigenvalue weighted by Crippen LogP contribution is 2.26. The smallest absolute Gasteiger partial charge is 0.222 e. The number of carbonyl (C=O) groups is 1. The van der Waals surface area contributed by atoms with Crippen LogP contribution < -0.4 is 4.90 Å². The summed E-state index contributed by atoms with van der Waals surface area (Å²) in [6, 6.07) is 8.50. The molecule has 0 spiro atoms. The Balaban J connectivity index is 1.81. The molecular weight excluding hydrogens is 348 g/mol. The van der Waals surface area contributed by atoms with Crippen molar-refractivity contribution >= 4 is 11.7 Å². The van der Waals surface area contributed by atoms with Gasteiger partial charge in [0.15, 0.2) is 0 Å². The van der Waals surface area contributed by atoms with Crippen LogP contribution in [0.15, 0.2) is 24.3 Å². The topological polar surface area (TPSA) is 49.3 Å². The molecule has 28 heavy (non-hydrogen) atoms. The quantitative estimate of drug-likeness (QED) is 0.794. The van der Waals surface area contributed by atoms with Crippen molar-refractivity contribution in [3.63, 3.8) is 0 Å². The molecule has 0 atom stereocenters. The summed E-state index contributed by atoms with van der Waals surface area (Å²) in [5.41, 5.74) is 4.84. The van der Waals surface area contributed by atoms with Crippen LogP contribution in [-0.4, -0.2) is 47.0 Å². The molecule has 1 aromatic heterocycles. The van der Waals surface area contributed by atoms with Gasteiger partial charge in [0.2, 0.25) is 5.91 Å². The largest absolute Gasteiger partial charge is 0.353 e. The molecule has 2 heterocycles. The maximum atomic E-state index is 12.4. The Bertz CT molecular complexity index is 838. The number of hydrogen-bond donors (Lipinski definition) is 0. The second-order valence-corrected chi connectivity index (χ2v) is 8.23. The fourth-order valence-electron chi connectivity index (χ4n) is 3.83. The number of anilines is 1. The van der Waals surface area contributed by atoms with Gasteiger partial charge in [-0.15, -0.1) is 0 Å². The fourth-order valence-corrected chi connectivity index (χ4v) is 3.83. The van der Waals surface area contributed by atoms with E-state index in [0.29, 0.717) is 12.3 Å². The molecule has 1 amide bonds. The van der Waals surface area contributed by atoms with Gasteiger partial charge in [0, 0.05) is 50.3 Å². The zero-order valence-corrected chi connectivity index (χ0v) is 17.8. The standard InChI is InChI=1S/C23H32N4O/c1-16(2)14-22(28)26-10-12-27(13-11-26)23-21(18(4)24-19(5)25-23)15-20-9-7-6-8-17(20)3/h6-9,16H,10-15H2,1-5H3. The minimum absolute atomic E-state index is 0.268.